The number of aliphatic hydroxyl groups is 3. The number of amides is 5. The first-order valence-corrected chi connectivity index (χ1v) is 13.6. The van der Waals surface area contributed by atoms with Crippen LogP contribution in [-0.4, -0.2) is 123 Å². The van der Waals surface area contributed by atoms with Crippen molar-refractivity contribution in [3.05, 3.63) is 0 Å². The molecule has 0 aromatic rings. The third-order valence-electron chi connectivity index (χ3n) is 6.14. The van der Waals surface area contributed by atoms with Crippen molar-refractivity contribution in [2.45, 2.75) is 102 Å². The van der Waals surface area contributed by atoms with Crippen LogP contribution in [0.4, 0.5) is 0 Å². The number of aliphatic carboxylic acids is 1. The highest BCUT2D eigenvalue weighted by Gasteiger charge is 2.35. The van der Waals surface area contributed by atoms with E-state index >= 15 is 0 Å². The number of carbonyl (C=O) groups excluding carboxylic acids is 6. The van der Waals surface area contributed by atoms with Crippen molar-refractivity contribution in [2.75, 3.05) is 13.1 Å². The van der Waals surface area contributed by atoms with Gasteiger partial charge in [0.2, 0.25) is 29.5 Å². The van der Waals surface area contributed by atoms with E-state index in [1.165, 1.54) is 6.92 Å². The van der Waals surface area contributed by atoms with Crippen LogP contribution in [0.15, 0.2) is 0 Å². The first-order chi connectivity index (χ1) is 20.0. The van der Waals surface area contributed by atoms with E-state index in [4.69, 9.17) is 11.5 Å². The van der Waals surface area contributed by atoms with E-state index in [0.717, 1.165) is 20.8 Å². The Labute approximate surface area is 248 Å². The van der Waals surface area contributed by atoms with Gasteiger partial charge in [0.1, 0.15) is 30.2 Å². The number of aliphatic hydroxyl groups excluding tert-OH is 3. The normalized spacial score (nSPS) is 16.6. The second kappa shape index (κ2) is 19.5. The molecule has 18 heteroatoms. The number of Topliss-reactive ketones (excluding diaryl/α,β-unsaturated/α-hetero) is 1. The van der Waals surface area contributed by atoms with Crippen LogP contribution < -0.4 is 38.1 Å². The van der Waals surface area contributed by atoms with Crippen molar-refractivity contribution < 1.29 is 54.0 Å². The quantitative estimate of drug-likeness (QED) is 0.0568. The number of hydrogen-bond donors (Lipinski definition) is 11. The van der Waals surface area contributed by atoms with Crippen molar-refractivity contribution in [2.24, 2.45) is 11.5 Å². The van der Waals surface area contributed by atoms with Gasteiger partial charge in [-0.25, -0.2) is 0 Å². The summed E-state index contributed by atoms with van der Waals surface area (Å²) in [6, 6.07) is -7.75. The highest BCUT2D eigenvalue weighted by molar-refractivity contribution is 5.97. The van der Waals surface area contributed by atoms with Crippen molar-refractivity contribution in [1.29, 1.82) is 0 Å². The first-order valence-electron chi connectivity index (χ1n) is 13.6. The molecule has 8 unspecified atom stereocenters. The number of carboxylic acids is 1. The summed E-state index contributed by atoms with van der Waals surface area (Å²) >= 11 is 0. The average molecular weight is 620 g/mol. The minimum absolute atomic E-state index is 0.0344. The maximum atomic E-state index is 13.1. The van der Waals surface area contributed by atoms with Crippen LogP contribution in [0, 0.1) is 0 Å². The molecule has 0 radical (unpaired) electrons. The zero-order chi connectivity index (χ0) is 33.4. The van der Waals surface area contributed by atoms with Gasteiger partial charge in [-0.15, -0.1) is 0 Å². The monoisotopic (exact) mass is 619 g/mol. The fourth-order valence-electron chi connectivity index (χ4n) is 3.78. The SMILES string of the molecule is CC(=O)C(NC(=O)C(CCCCN)NC(=O)C(NC(=O)C(CC(=O)O)NC(=O)C(NC(=O)CN)C(C)O)C(C)O)C(C)O. The predicted molar refractivity (Wildman–Crippen MR) is 150 cm³/mol. The van der Waals surface area contributed by atoms with E-state index in [1.807, 2.05) is 0 Å². The summed E-state index contributed by atoms with van der Waals surface area (Å²) in [5.41, 5.74) is 10.7. The van der Waals surface area contributed by atoms with Gasteiger partial charge >= 0.3 is 5.97 Å². The van der Waals surface area contributed by atoms with Crippen LogP contribution in [0.25, 0.3) is 0 Å². The van der Waals surface area contributed by atoms with E-state index in [2.05, 4.69) is 26.6 Å². The zero-order valence-electron chi connectivity index (χ0n) is 24.7. The summed E-state index contributed by atoms with van der Waals surface area (Å²) in [5, 5.41) is 50.3. The van der Waals surface area contributed by atoms with Gasteiger partial charge in [-0.1, -0.05) is 0 Å². The molecule has 0 fully saturated rings. The molecular weight excluding hydrogens is 574 g/mol. The Kier molecular flexibility index (Phi) is 17.8. The number of carboxylic acid groups (broad SMARTS) is 1. The van der Waals surface area contributed by atoms with Gasteiger partial charge < -0.3 is 58.5 Å². The number of unbranched alkanes of at least 4 members (excludes halogenated alkanes) is 1. The number of hydrogen-bond acceptors (Lipinski definition) is 12. The summed E-state index contributed by atoms with van der Waals surface area (Å²) in [6.07, 6.45) is -4.43. The maximum absolute atomic E-state index is 13.1. The number of ketones is 1. The number of nitrogens with one attached hydrogen (secondary N) is 5. The van der Waals surface area contributed by atoms with Gasteiger partial charge in [0.15, 0.2) is 5.78 Å². The second-order valence-electron chi connectivity index (χ2n) is 10.1. The molecule has 0 spiro atoms. The molecule has 0 heterocycles. The van der Waals surface area contributed by atoms with E-state index in [-0.39, 0.29) is 13.0 Å². The van der Waals surface area contributed by atoms with E-state index < -0.39 is 103 Å². The Hall–Kier alpha value is -3.71. The third-order valence-corrected chi connectivity index (χ3v) is 6.14. The number of carbonyl (C=O) groups is 7. The van der Waals surface area contributed by atoms with Gasteiger partial charge in [0.05, 0.1) is 31.3 Å². The van der Waals surface area contributed by atoms with Crippen LogP contribution in [-0.2, 0) is 33.6 Å². The topological polar surface area (TPSA) is 313 Å². The average Bonchev–Trinajstić information content (AvgIpc) is 2.90. The number of nitrogens with two attached hydrogens (primary N) is 2. The van der Waals surface area contributed by atoms with Crippen molar-refractivity contribution in [3.63, 3.8) is 0 Å². The Morgan fingerprint density at radius 1 is 0.628 bits per heavy atom. The lowest BCUT2D eigenvalue weighted by molar-refractivity contribution is -0.142. The summed E-state index contributed by atoms with van der Waals surface area (Å²) in [7, 11) is 0. The molecule has 0 aliphatic carbocycles. The lowest BCUT2D eigenvalue weighted by Crippen LogP contribution is -2.62. The Morgan fingerprint density at radius 2 is 1.07 bits per heavy atom. The maximum Gasteiger partial charge on any atom is 0.305 e. The Bertz CT molecular complexity index is 991. The first kappa shape index (κ1) is 39.3. The van der Waals surface area contributed by atoms with Gasteiger partial charge in [-0.3, -0.25) is 33.6 Å². The molecule has 0 bridgehead atoms. The molecule has 5 amide bonds. The molecule has 8 atom stereocenters. The van der Waals surface area contributed by atoms with Crippen LogP contribution >= 0.6 is 0 Å². The molecule has 0 saturated heterocycles. The van der Waals surface area contributed by atoms with Crippen molar-refractivity contribution in [1.82, 2.24) is 26.6 Å². The minimum Gasteiger partial charge on any atom is -0.481 e. The molecule has 0 aliphatic rings. The highest BCUT2D eigenvalue weighted by Crippen LogP contribution is 2.06. The summed E-state index contributed by atoms with van der Waals surface area (Å²) in [4.78, 5) is 86.7. The molecule has 13 N–H and O–H groups in total. The van der Waals surface area contributed by atoms with Crippen LogP contribution in [0.5, 0.6) is 0 Å². The van der Waals surface area contributed by atoms with E-state index in [1.54, 1.807) is 0 Å². The lowest BCUT2D eigenvalue weighted by atomic mass is 10.0. The lowest BCUT2D eigenvalue weighted by Gasteiger charge is -2.28. The summed E-state index contributed by atoms with van der Waals surface area (Å²) in [5.74, 6) is -7.15. The molecule has 0 aromatic heterocycles. The molecular formula is C25H45N7O11. The second-order valence-corrected chi connectivity index (χ2v) is 10.1. The molecule has 43 heavy (non-hydrogen) atoms. The molecule has 0 aromatic carbocycles. The van der Waals surface area contributed by atoms with Gasteiger partial charge in [-0.2, -0.15) is 0 Å². The highest BCUT2D eigenvalue weighted by atomic mass is 16.4. The van der Waals surface area contributed by atoms with Gasteiger partial charge in [-0.05, 0) is 53.5 Å². The Balaban J connectivity index is 5.95. The number of rotatable bonds is 20. The largest absolute Gasteiger partial charge is 0.481 e. The minimum atomic E-state index is -1.83. The zero-order valence-corrected chi connectivity index (χ0v) is 24.7. The molecule has 0 aliphatic heterocycles. The Morgan fingerprint density at radius 3 is 1.49 bits per heavy atom. The third kappa shape index (κ3) is 14.3. The van der Waals surface area contributed by atoms with E-state index in [0.29, 0.717) is 12.8 Å². The molecule has 0 saturated carbocycles. The van der Waals surface area contributed by atoms with Crippen molar-refractivity contribution >= 4 is 41.3 Å². The van der Waals surface area contributed by atoms with E-state index in [9.17, 15) is 54.0 Å². The van der Waals surface area contributed by atoms with Crippen molar-refractivity contribution in [3.8, 4) is 0 Å². The summed E-state index contributed by atoms with van der Waals surface area (Å²) < 4.78 is 0. The van der Waals surface area contributed by atoms with Gasteiger partial charge in [0.25, 0.3) is 0 Å². The standard InChI is InChI=1S/C25H45N7O11/c1-11(33)19(12(2)34)31-22(40)15(7-5-6-8-26)28-25(43)21(14(4)36)32-23(41)16(9-18(38)39)29-24(42)20(13(3)35)30-17(37)10-27/h11,13-16,19-21,33,35-36H,5-10,26-27H2,1-4H3,(H,28,43)(H,29,42)(H,30,37)(H,31,40)(H,32,41)(H,38,39). The van der Waals surface area contributed by atoms with Crippen LogP contribution in [0.1, 0.15) is 53.4 Å². The predicted octanol–water partition coefficient (Wildman–Crippen LogP) is -5.30. The smallest absolute Gasteiger partial charge is 0.305 e. The van der Waals surface area contributed by atoms with Crippen LogP contribution in [0.3, 0.4) is 0 Å². The molecule has 0 rings (SSSR count). The fourth-order valence-corrected chi connectivity index (χ4v) is 3.78. The van der Waals surface area contributed by atoms with Gasteiger partial charge in [0, 0.05) is 0 Å². The molecule has 246 valence electrons. The van der Waals surface area contributed by atoms with Crippen LogP contribution in [0.2, 0.25) is 0 Å². The fraction of sp³-hybridized carbons (Fsp3) is 0.720. The summed E-state index contributed by atoms with van der Waals surface area (Å²) in [6.45, 7) is 4.47. The molecule has 18 nitrogen and oxygen atoms in total.